The summed E-state index contributed by atoms with van der Waals surface area (Å²) >= 11 is 0. The molecule has 0 aliphatic heterocycles. The molecule has 0 amide bonds. The Morgan fingerprint density at radius 3 is 1.63 bits per heavy atom. The van der Waals surface area contributed by atoms with E-state index in [4.69, 9.17) is 10.7 Å². The van der Waals surface area contributed by atoms with Crippen LogP contribution in [-0.4, -0.2) is 43.0 Å². The van der Waals surface area contributed by atoms with Crippen LogP contribution < -0.4 is 4.72 Å². The number of anilines is 1. The molecule has 3 aromatic rings. The largest absolute Gasteiger partial charge is 0.465 e. The number of para-hydroxylation sites is 1. The van der Waals surface area contributed by atoms with Crippen LogP contribution in [0.2, 0.25) is 0 Å². The SMILES string of the molecule is COC(=O)c1ccccc1S(=O)(=O)Cl.COC(=O)c1ccccc1S(=O)(=O)Nc1ccccc1C(F)(F)F. The summed E-state index contributed by atoms with van der Waals surface area (Å²) in [5.41, 5.74) is -2.12. The van der Waals surface area contributed by atoms with Gasteiger partial charge in [-0.2, -0.15) is 13.2 Å². The normalized spacial score (nSPS) is 11.5. The first kappa shape index (κ1) is 30.6. The van der Waals surface area contributed by atoms with Gasteiger partial charge in [0.25, 0.3) is 19.1 Å². The number of esters is 2. The fraction of sp³-hybridized carbons (Fsp3) is 0.130. The van der Waals surface area contributed by atoms with Crippen LogP contribution in [0.1, 0.15) is 26.3 Å². The van der Waals surface area contributed by atoms with Crippen LogP contribution >= 0.6 is 10.7 Å². The number of benzene rings is 3. The van der Waals surface area contributed by atoms with Gasteiger partial charge in [-0.1, -0.05) is 36.4 Å². The van der Waals surface area contributed by atoms with Crippen molar-refractivity contribution in [3.8, 4) is 0 Å². The molecular formula is C23H19ClF3NO8S2. The minimum Gasteiger partial charge on any atom is -0.465 e. The number of sulfonamides is 1. The lowest BCUT2D eigenvalue weighted by Crippen LogP contribution is -2.19. The van der Waals surface area contributed by atoms with Crippen LogP contribution in [0.15, 0.2) is 82.6 Å². The molecule has 38 heavy (non-hydrogen) atoms. The maximum atomic E-state index is 13.0. The quantitative estimate of drug-likeness (QED) is 0.321. The van der Waals surface area contributed by atoms with Crippen molar-refractivity contribution in [1.82, 2.24) is 0 Å². The fourth-order valence-electron chi connectivity index (χ4n) is 2.96. The highest BCUT2D eigenvalue weighted by Gasteiger charge is 2.35. The van der Waals surface area contributed by atoms with Crippen LogP contribution in [0.3, 0.4) is 0 Å². The van der Waals surface area contributed by atoms with Gasteiger partial charge in [0, 0.05) is 10.7 Å². The monoisotopic (exact) mass is 593 g/mol. The third-order valence-electron chi connectivity index (χ3n) is 4.61. The van der Waals surface area contributed by atoms with Crippen LogP contribution in [-0.2, 0) is 34.7 Å². The second kappa shape index (κ2) is 12.3. The molecule has 0 aliphatic carbocycles. The average molecular weight is 594 g/mol. The Labute approximate surface area is 220 Å². The molecule has 0 aliphatic rings. The lowest BCUT2D eigenvalue weighted by Gasteiger charge is -2.15. The Balaban J connectivity index is 0.000000308. The van der Waals surface area contributed by atoms with Crippen molar-refractivity contribution in [2.24, 2.45) is 0 Å². The van der Waals surface area contributed by atoms with E-state index in [0.29, 0.717) is 0 Å². The molecule has 3 rings (SSSR count). The molecule has 1 N–H and O–H groups in total. The third-order valence-corrected chi connectivity index (χ3v) is 7.42. The molecule has 0 spiro atoms. The van der Waals surface area contributed by atoms with E-state index in [2.05, 4.69) is 9.47 Å². The van der Waals surface area contributed by atoms with Gasteiger partial charge in [-0.3, -0.25) is 4.72 Å². The summed E-state index contributed by atoms with van der Waals surface area (Å²) in [6.07, 6.45) is -4.74. The lowest BCUT2D eigenvalue weighted by atomic mass is 10.2. The number of nitrogens with one attached hydrogen (secondary N) is 1. The van der Waals surface area contributed by atoms with Gasteiger partial charge in [0.2, 0.25) is 0 Å². The Hall–Kier alpha value is -3.62. The van der Waals surface area contributed by atoms with E-state index in [-0.39, 0.29) is 16.0 Å². The molecular weight excluding hydrogens is 575 g/mol. The Kier molecular flexibility index (Phi) is 9.89. The molecule has 204 valence electrons. The maximum Gasteiger partial charge on any atom is 0.418 e. The van der Waals surface area contributed by atoms with Crippen LogP contribution in [0.25, 0.3) is 0 Å². The van der Waals surface area contributed by atoms with Crippen molar-refractivity contribution in [2.45, 2.75) is 16.0 Å². The van der Waals surface area contributed by atoms with Gasteiger partial charge in [-0.05, 0) is 36.4 Å². The summed E-state index contributed by atoms with van der Waals surface area (Å²) in [6.45, 7) is 0. The van der Waals surface area contributed by atoms with E-state index >= 15 is 0 Å². The highest BCUT2D eigenvalue weighted by Crippen LogP contribution is 2.35. The number of carbonyl (C=O) groups excluding carboxylic acids is 2. The van der Waals surface area contributed by atoms with Crippen LogP contribution in [0.4, 0.5) is 18.9 Å². The first-order valence-electron chi connectivity index (χ1n) is 10.1. The van der Waals surface area contributed by atoms with Gasteiger partial charge in [0.15, 0.2) is 0 Å². The van der Waals surface area contributed by atoms with E-state index in [1.807, 2.05) is 4.72 Å². The zero-order valence-electron chi connectivity index (χ0n) is 19.5. The van der Waals surface area contributed by atoms with Crippen molar-refractivity contribution in [2.75, 3.05) is 18.9 Å². The number of hydrogen-bond donors (Lipinski definition) is 1. The number of methoxy groups -OCH3 is 2. The summed E-state index contributed by atoms with van der Waals surface area (Å²) < 4.78 is 96.6. The molecule has 0 radical (unpaired) electrons. The predicted octanol–water partition coefficient (Wildman–Crippen LogP) is 4.69. The number of alkyl halides is 3. The van der Waals surface area contributed by atoms with Crippen molar-refractivity contribution in [3.05, 3.63) is 89.5 Å². The molecule has 0 heterocycles. The summed E-state index contributed by atoms with van der Waals surface area (Å²) in [6, 6.07) is 14.8. The zero-order chi connectivity index (χ0) is 28.7. The standard InChI is InChI=1S/C15H12F3NO4S.C8H7ClO4S/c1-23-14(20)10-6-2-5-9-13(10)24(21,22)19-12-8-4-3-7-11(12)15(16,17)18;1-13-8(10)6-4-2-3-5-7(6)14(9,11)12/h2-9,19H,1H3;2-5H,1H3. The number of halogens is 4. The van der Waals surface area contributed by atoms with E-state index < -0.39 is 53.3 Å². The average Bonchev–Trinajstić information content (AvgIpc) is 2.87. The number of hydrogen-bond acceptors (Lipinski definition) is 8. The Bertz CT molecular complexity index is 1540. The summed E-state index contributed by atoms with van der Waals surface area (Å²) in [5, 5.41) is 0. The number of ether oxygens (including phenoxy) is 2. The summed E-state index contributed by atoms with van der Waals surface area (Å²) in [5.74, 6) is -1.65. The molecule has 15 heteroatoms. The smallest absolute Gasteiger partial charge is 0.418 e. The molecule has 3 aromatic carbocycles. The Morgan fingerprint density at radius 2 is 1.16 bits per heavy atom. The van der Waals surface area contributed by atoms with Crippen LogP contribution in [0, 0.1) is 0 Å². The molecule has 0 fully saturated rings. The molecule has 9 nitrogen and oxygen atoms in total. The predicted molar refractivity (Wildman–Crippen MR) is 131 cm³/mol. The fourth-order valence-corrected chi connectivity index (χ4v) is 5.29. The van der Waals surface area contributed by atoms with Crippen LogP contribution in [0.5, 0.6) is 0 Å². The first-order valence-corrected chi connectivity index (χ1v) is 13.9. The minimum atomic E-state index is -4.74. The second-order valence-electron chi connectivity index (χ2n) is 7.06. The van der Waals surface area contributed by atoms with Gasteiger partial charge < -0.3 is 9.47 Å². The summed E-state index contributed by atoms with van der Waals surface area (Å²) in [7, 11) is -0.987. The zero-order valence-corrected chi connectivity index (χ0v) is 21.9. The number of carbonyl (C=O) groups is 2. The highest BCUT2D eigenvalue weighted by atomic mass is 35.7. The molecule has 0 atom stereocenters. The second-order valence-corrected chi connectivity index (χ2v) is 11.2. The van der Waals surface area contributed by atoms with Gasteiger partial charge >= 0.3 is 18.1 Å². The third kappa shape index (κ3) is 7.69. The number of rotatable bonds is 6. The molecule has 0 aromatic heterocycles. The van der Waals surface area contributed by atoms with Gasteiger partial charge in [-0.25, -0.2) is 26.4 Å². The van der Waals surface area contributed by atoms with E-state index in [0.717, 1.165) is 31.4 Å². The van der Waals surface area contributed by atoms with Gasteiger partial charge in [0.1, 0.15) is 4.90 Å². The van der Waals surface area contributed by atoms with Crippen molar-refractivity contribution in [1.29, 1.82) is 0 Å². The van der Waals surface area contributed by atoms with Crippen molar-refractivity contribution >= 4 is 47.4 Å². The molecule has 0 unspecified atom stereocenters. The highest BCUT2D eigenvalue weighted by molar-refractivity contribution is 8.13. The van der Waals surface area contributed by atoms with Crippen molar-refractivity contribution in [3.63, 3.8) is 0 Å². The molecule has 0 saturated heterocycles. The lowest BCUT2D eigenvalue weighted by molar-refractivity contribution is -0.136. The van der Waals surface area contributed by atoms with E-state index in [1.54, 1.807) is 0 Å². The van der Waals surface area contributed by atoms with E-state index in [1.165, 1.54) is 55.6 Å². The van der Waals surface area contributed by atoms with E-state index in [9.17, 15) is 39.6 Å². The Morgan fingerprint density at radius 1 is 0.737 bits per heavy atom. The molecule has 0 bridgehead atoms. The first-order chi connectivity index (χ1) is 17.6. The molecule has 0 saturated carbocycles. The topological polar surface area (TPSA) is 133 Å². The van der Waals surface area contributed by atoms with Crippen molar-refractivity contribution < 1.29 is 49.1 Å². The van der Waals surface area contributed by atoms with Gasteiger partial charge in [-0.15, -0.1) is 0 Å². The minimum absolute atomic E-state index is 0.0648. The maximum absolute atomic E-state index is 13.0. The van der Waals surface area contributed by atoms with Gasteiger partial charge in [0.05, 0.1) is 41.5 Å². The summed E-state index contributed by atoms with van der Waals surface area (Å²) in [4.78, 5) is 22.1.